The van der Waals surface area contributed by atoms with E-state index in [1.165, 1.54) is 25.8 Å². The van der Waals surface area contributed by atoms with Gasteiger partial charge in [-0.25, -0.2) is 9.97 Å². The minimum Gasteiger partial charge on any atom is -0.339 e. The molecule has 1 aliphatic rings. The summed E-state index contributed by atoms with van der Waals surface area (Å²) in [5, 5.41) is 0. The van der Waals surface area contributed by atoms with Crippen LogP contribution in [0.1, 0.15) is 38.1 Å². The molecule has 3 heterocycles. The second-order valence-corrected chi connectivity index (χ2v) is 4.64. The van der Waals surface area contributed by atoms with Crippen molar-refractivity contribution in [3.63, 3.8) is 0 Å². The summed E-state index contributed by atoms with van der Waals surface area (Å²) in [5.74, 6) is 1.08. The maximum absolute atomic E-state index is 4.63. The molecule has 0 saturated carbocycles. The first kappa shape index (κ1) is 10.7. The Morgan fingerprint density at radius 3 is 3.24 bits per heavy atom. The molecule has 0 spiro atoms. The van der Waals surface area contributed by atoms with Crippen molar-refractivity contribution in [2.75, 3.05) is 13.1 Å². The van der Waals surface area contributed by atoms with Crippen molar-refractivity contribution in [2.45, 2.75) is 32.2 Å². The summed E-state index contributed by atoms with van der Waals surface area (Å²) in [6, 6.07) is 4.43. The number of imidazole rings is 1. The first-order valence-electron chi connectivity index (χ1n) is 6.43. The highest BCUT2D eigenvalue weighted by Crippen LogP contribution is 2.29. The second-order valence-electron chi connectivity index (χ2n) is 4.64. The van der Waals surface area contributed by atoms with Crippen LogP contribution in [0.3, 0.4) is 0 Å². The third kappa shape index (κ3) is 1.93. The molecule has 4 heteroatoms. The molecule has 1 saturated heterocycles. The maximum atomic E-state index is 4.63. The molecule has 4 nitrogen and oxygen atoms in total. The van der Waals surface area contributed by atoms with Gasteiger partial charge in [-0.1, -0.05) is 13.3 Å². The summed E-state index contributed by atoms with van der Waals surface area (Å²) in [5.41, 5.74) is 1.88. The van der Waals surface area contributed by atoms with E-state index in [2.05, 4.69) is 26.8 Å². The van der Waals surface area contributed by atoms with Crippen molar-refractivity contribution in [3.8, 4) is 0 Å². The van der Waals surface area contributed by atoms with Crippen molar-refractivity contribution < 1.29 is 0 Å². The molecule has 1 N–H and O–H groups in total. The van der Waals surface area contributed by atoms with Crippen LogP contribution in [0.4, 0.5) is 0 Å². The van der Waals surface area contributed by atoms with Gasteiger partial charge in [0.25, 0.3) is 0 Å². The highest BCUT2D eigenvalue weighted by Gasteiger charge is 2.25. The number of fused-ring (bicyclic) bond motifs is 1. The Kier molecular flexibility index (Phi) is 2.81. The van der Waals surface area contributed by atoms with Crippen LogP contribution in [0.15, 0.2) is 18.3 Å². The Morgan fingerprint density at radius 2 is 2.41 bits per heavy atom. The summed E-state index contributed by atoms with van der Waals surface area (Å²) in [7, 11) is 0. The number of rotatable bonds is 2. The minimum absolute atomic E-state index is 0.447. The fraction of sp³-hybridized carbons (Fsp3) is 0.538. The quantitative estimate of drug-likeness (QED) is 0.862. The average Bonchev–Trinajstić information content (AvgIpc) is 2.82. The lowest BCUT2D eigenvalue weighted by Crippen LogP contribution is -2.33. The molecule has 1 unspecified atom stereocenters. The number of nitrogens with one attached hydrogen (secondary N) is 1. The lowest BCUT2D eigenvalue weighted by molar-refractivity contribution is 0.151. The molecule has 0 bridgehead atoms. The molecule has 2 aromatic rings. The van der Waals surface area contributed by atoms with E-state index in [4.69, 9.17) is 0 Å². The fourth-order valence-electron chi connectivity index (χ4n) is 2.70. The van der Waals surface area contributed by atoms with Crippen molar-refractivity contribution in [1.82, 2.24) is 19.9 Å². The SMILES string of the molecule is CCN1CCCCC1c1nc2ncccc2[nH]1. The second kappa shape index (κ2) is 4.45. The predicted octanol–water partition coefficient (Wildman–Crippen LogP) is 2.50. The van der Waals surface area contributed by atoms with Gasteiger partial charge in [0.1, 0.15) is 5.82 Å². The number of H-pyrrole nitrogens is 1. The molecule has 1 atom stereocenters. The van der Waals surface area contributed by atoms with Crippen LogP contribution in [-0.4, -0.2) is 32.9 Å². The molecular weight excluding hydrogens is 212 g/mol. The number of aromatic nitrogens is 3. The monoisotopic (exact) mass is 230 g/mol. The van der Waals surface area contributed by atoms with Gasteiger partial charge >= 0.3 is 0 Å². The van der Waals surface area contributed by atoms with Gasteiger partial charge in [0.2, 0.25) is 0 Å². The number of nitrogens with zero attached hydrogens (tertiary/aromatic N) is 3. The van der Waals surface area contributed by atoms with E-state index in [-0.39, 0.29) is 0 Å². The van der Waals surface area contributed by atoms with E-state index >= 15 is 0 Å². The zero-order valence-electron chi connectivity index (χ0n) is 10.2. The van der Waals surface area contributed by atoms with E-state index in [0.717, 1.165) is 23.5 Å². The molecule has 0 aliphatic carbocycles. The molecule has 1 aliphatic heterocycles. The molecule has 0 aromatic carbocycles. The summed E-state index contributed by atoms with van der Waals surface area (Å²) in [6.07, 6.45) is 5.60. The highest BCUT2D eigenvalue weighted by molar-refractivity contribution is 5.70. The van der Waals surface area contributed by atoms with Gasteiger partial charge < -0.3 is 4.98 Å². The molecule has 2 aromatic heterocycles. The molecule has 0 amide bonds. The Morgan fingerprint density at radius 1 is 1.47 bits per heavy atom. The van der Waals surface area contributed by atoms with Crippen LogP contribution < -0.4 is 0 Å². The number of likely N-dealkylation sites (tertiary alicyclic amines) is 1. The Labute approximate surface area is 101 Å². The Bertz CT molecular complexity index is 472. The normalized spacial score (nSPS) is 22.1. The van der Waals surface area contributed by atoms with Crippen LogP contribution >= 0.6 is 0 Å². The van der Waals surface area contributed by atoms with Gasteiger partial charge in [-0.3, -0.25) is 4.90 Å². The lowest BCUT2D eigenvalue weighted by atomic mass is 10.0. The third-order valence-electron chi connectivity index (χ3n) is 3.61. The van der Waals surface area contributed by atoms with Crippen LogP contribution in [0, 0.1) is 0 Å². The smallest absolute Gasteiger partial charge is 0.177 e. The van der Waals surface area contributed by atoms with Crippen LogP contribution in [0.5, 0.6) is 0 Å². The zero-order chi connectivity index (χ0) is 11.7. The number of hydrogen-bond donors (Lipinski definition) is 1. The van der Waals surface area contributed by atoms with Crippen LogP contribution in [0.2, 0.25) is 0 Å². The van der Waals surface area contributed by atoms with E-state index in [1.807, 2.05) is 12.1 Å². The van der Waals surface area contributed by atoms with Gasteiger partial charge in [0, 0.05) is 6.20 Å². The van der Waals surface area contributed by atoms with Gasteiger partial charge in [-0.15, -0.1) is 0 Å². The summed E-state index contributed by atoms with van der Waals surface area (Å²) in [6.45, 7) is 4.50. The molecule has 90 valence electrons. The zero-order valence-corrected chi connectivity index (χ0v) is 10.2. The van der Waals surface area contributed by atoms with Gasteiger partial charge in [0.15, 0.2) is 5.65 Å². The molecule has 0 radical (unpaired) electrons. The predicted molar refractivity (Wildman–Crippen MR) is 67.7 cm³/mol. The first-order chi connectivity index (χ1) is 8.38. The van der Waals surface area contributed by atoms with E-state index < -0.39 is 0 Å². The van der Waals surface area contributed by atoms with E-state index in [0.29, 0.717) is 6.04 Å². The van der Waals surface area contributed by atoms with Crippen molar-refractivity contribution in [3.05, 3.63) is 24.2 Å². The fourth-order valence-corrected chi connectivity index (χ4v) is 2.70. The van der Waals surface area contributed by atoms with Gasteiger partial charge in [0.05, 0.1) is 11.6 Å². The summed E-state index contributed by atoms with van der Waals surface area (Å²) < 4.78 is 0. The average molecular weight is 230 g/mol. The Balaban J connectivity index is 1.96. The number of pyridine rings is 1. The Hall–Kier alpha value is -1.42. The van der Waals surface area contributed by atoms with E-state index in [1.54, 1.807) is 6.20 Å². The topological polar surface area (TPSA) is 44.8 Å². The highest BCUT2D eigenvalue weighted by atomic mass is 15.2. The van der Waals surface area contributed by atoms with Gasteiger partial charge in [-0.2, -0.15) is 0 Å². The number of piperidine rings is 1. The summed E-state index contributed by atoms with van der Waals surface area (Å²) in [4.78, 5) is 14.8. The first-order valence-corrected chi connectivity index (χ1v) is 6.43. The maximum Gasteiger partial charge on any atom is 0.177 e. The molecule has 1 fully saturated rings. The number of hydrogen-bond acceptors (Lipinski definition) is 3. The number of aromatic amines is 1. The lowest BCUT2D eigenvalue weighted by Gasteiger charge is -2.33. The molecule has 3 rings (SSSR count). The third-order valence-corrected chi connectivity index (χ3v) is 3.61. The minimum atomic E-state index is 0.447. The van der Waals surface area contributed by atoms with Crippen molar-refractivity contribution in [2.24, 2.45) is 0 Å². The largest absolute Gasteiger partial charge is 0.339 e. The summed E-state index contributed by atoms with van der Waals surface area (Å²) >= 11 is 0. The van der Waals surface area contributed by atoms with Gasteiger partial charge in [-0.05, 0) is 38.1 Å². The van der Waals surface area contributed by atoms with Crippen molar-refractivity contribution in [1.29, 1.82) is 0 Å². The molecule has 17 heavy (non-hydrogen) atoms. The van der Waals surface area contributed by atoms with Crippen LogP contribution in [-0.2, 0) is 0 Å². The van der Waals surface area contributed by atoms with Crippen LogP contribution in [0.25, 0.3) is 11.2 Å². The van der Waals surface area contributed by atoms with Crippen molar-refractivity contribution >= 4 is 11.2 Å². The van der Waals surface area contributed by atoms with E-state index in [9.17, 15) is 0 Å². The standard InChI is InChI=1S/C13H18N4/c1-2-17-9-4-3-7-11(17)13-15-10-6-5-8-14-12(10)16-13/h5-6,8,11H,2-4,7,9H2,1H3,(H,14,15,16). The molecular formula is C13H18N4.